The minimum Gasteiger partial charge on any atom is -0.368 e. The number of hydrogen-bond donors (Lipinski definition) is 2. The zero-order valence-electron chi connectivity index (χ0n) is 11.9. The van der Waals surface area contributed by atoms with E-state index in [9.17, 15) is 4.79 Å². The lowest BCUT2D eigenvalue weighted by Crippen LogP contribution is -2.38. The Labute approximate surface area is 115 Å². The molecule has 19 heavy (non-hydrogen) atoms. The van der Waals surface area contributed by atoms with Gasteiger partial charge in [0.05, 0.1) is 6.04 Å². The number of allylic oxidation sites excluding steroid dienone is 2. The minimum atomic E-state index is -0.597. The fraction of sp³-hybridized carbons (Fsp3) is 0.438. The molecule has 1 atom stereocenters. The molecule has 0 saturated carbocycles. The molecule has 1 rings (SSSR count). The Morgan fingerprint density at radius 1 is 1.26 bits per heavy atom. The van der Waals surface area contributed by atoms with E-state index < -0.39 is 11.9 Å². The van der Waals surface area contributed by atoms with Crippen LogP contribution >= 0.6 is 0 Å². The second-order valence-corrected chi connectivity index (χ2v) is 4.99. The van der Waals surface area contributed by atoms with Crippen molar-refractivity contribution in [1.29, 1.82) is 0 Å². The first-order valence-electron chi connectivity index (χ1n) is 6.81. The van der Waals surface area contributed by atoms with Crippen LogP contribution in [0.25, 0.3) is 0 Å². The highest BCUT2D eigenvalue weighted by Gasteiger charge is 2.09. The Balaban J connectivity index is 2.52. The van der Waals surface area contributed by atoms with Crippen molar-refractivity contribution in [3.8, 4) is 0 Å². The van der Waals surface area contributed by atoms with E-state index in [1.54, 1.807) is 0 Å². The number of carbonyl (C=O) groups is 1. The zero-order chi connectivity index (χ0) is 14.3. The van der Waals surface area contributed by atoms with Crippen molar-refractivity contribution in [2.45, 2.75) is 45.6 Å². The number of rotatable bonds is 7. The highest BCUT2D eigenvalue weighted by Crippen LogP contribution is 2.11. The molecule has 0 aliphatic carbocycles. The lowest BCUT2D eigenvalue weighted by Gasteiger charge is -2.08. The first-order chi connectivity index (χ1) is 9.02. The quantitative estimate of drug-likeness (QED) is 0.739. The van der Waals surface area contributed by atoms with E-state index >= 15 is 0 Å². The Morgan fingerprint density at radius 3 is 2.37 bits per heavy atom. The van der Waals surface area contributed by atoms with E-state index in [1.165, 1.54) is 11.1 Å². The largest absolute Gasteiger partial charge is 0.368 e. The molecular formula is C16H24N2O. The topological polar surface area (TPSA) is 69.1 Å². The molecule has 0 fully saturated rings. The van der Waals surface area contributed by atoms with Gasteiger partial charge >= 0.3 is 0 Å². The van der Waals surface area contributed by atoms with Gasteiger partial charge in [0.1, 0.15) is 0 Å². The number of primary amides is 1. The smallest absolute Gasteiger partial charge is 0.234 e. The second kappa shape index (κ2) is 7.74. The number of benzene rings is 1. The number of amides is 1. The van der Waals surface area contributed by atoms with E-state index in [-0.39, 0.29) is 0 Å². The molecule has 1 aromatic rings. The molecule has 1 unspecified atom stereocenters. The van der Waals surface area contributed by atoms with Crippen LogP contribution in [-0.2, 0) is 17.6 Å². The normalized spacial score (nSPS) is 13.3. The third-order valence-electron chi connectivity index (χ3n) is 3.20. The summed E-state index contributed by atoms with van der Waals surface area (Å²) >= 11 is 0. The van der Waals surface area contributed by atoms with Crippen LogP contribution in [0, 0.1) is 0 Å². The van der Waals surface area contributed by atoms with E-state index in [1.807, 2.05) is 12.1 Å². The van der Waals surface area contributed by atoms with E-state index in [2.05, 4.69) is 32.1 Å². The van der Waals surface area contributed by atoms with Gasteiger partial charge in [-0.1, -0.05) is 42.8 Å². The predicted octanol–water partition coefficient (Wildman–Crippen LogP) is 2.33. The Morgan fingerprint density at radius 2 is 1.84 bits per heavy atom. The molecule has 3 nitrogen and oxygen atoms in total. The van der Waals surface area contributed by atoms with Crippen LogP contribution in [0.3, 0.4) is 0 Å². The maximum absolute atomic E-state index is 10.9. The molecule has 0 heterocycles. The van der Waals surface area contributed by atoms with Crippen LogP contribution in [-0.4, -0.2) is 11.9 Å². The van der Waals surface area contributed by atoms with Crippen molar-refractivity contribution in [3.05, 3.63) is 47.0 Å². The molecule has 1 amide bonds. The number of nitrogens with two attached hydrogens (primary N) is 2. The SMILES string of the molecule is CCC=C(C)CCc1ccc(CC(N)C(N)=O)cc1. The van der Waals surface area contributed by atoms with Gasteiger partial charge < -0.3 is 11.5 Å². The van der Waals surface area contributed by atoms with E-state index in [0.717, 1.165) is 24.8 Å². The summed E-state index contributed by atoms with van der Waals surface area (Å²) in [5.41, 5.74) is 14.6. The van der Waals surface area contributed by atoms with Crippen LogP contribution < -0.4 is 11.5 Å². The fourth-order valence-corrected chi connectivity index (χ4v) is 1.99. The van der Waals surface area contributed by atoms with Crippen molar-refractivity contribution in [1.82, 2.24) is 0 Å². The van der Waals surface area contributed by atoms with Crippen LogP contribution in [0.1, 0.15) is 37.8 Å². The molecule has 0 radical (unpaired) electrons. The average Bonchev–Trinajstić information content (AvgIpc) is 2.38. The molecule has 0 bridgehead atoms. The van der Waals surface area contributed by atoms with Crippen LogP contribution in [0.5, 0.6) is 0 Å². The third-order valence-corrected chi connectivity index (χ3v) is 3.20. The zero-order valence-corrected chi connectivity index (χ0v) is 11.9. The molecule has 0 aliphatic heterocycles. The van der Waals surface area contributed by atoms with Gasteiger partial charge in [0.15, 0.2) is 0 Å². The molecule has 104 valence electrons. The van der Waals surface area contributed by atoms with E-state index in [4.69, 9.17) is 11.5 Å². The van der Waals surface area contributed by atoms with Gasteiger partial charge in [-0.15, -0.1) is 0 Å². The van der Waals surface area contributed by atoms with Crippen molar-refractivity contribution in [3.63, 3.8) is 0 Å². The molecule has 4 N–H and O–H groups in total. The molecule has 1 aromatic carbocycles. The summed E-state index contributed by atoms with van der Waals surface area (Å²) in [6.45, 7) is 4.32. The monoisotopic (exact) mass is 260 g/mol. The van der Waals surface area contributed by atoms with Gasteiger partial charge in [0.25, 0.3) is 0 Å². The second-order valence-electron chi connectivity index (χ2n) is 4.99. The standard InChI is InChI=1S/C16H24N2O/c1-3-4-12(2)5-6-13-7-9-14(10-8-13)11-15(17)16(18)19/h4,7-10,15H,3,5-6,11,17H2,1-2H3,(H2,18,19). The van der Waals surface area contributed by atoms with Crippen molar-refractivity contribution >= 4 is 5.91 Å². The molecular weight excluding hydrogens is 236 g/mol. The maximum atomic E-state index is 10.9. The Kier molecular flexibility index (Phi) is 6.30. The lowest BCUT2D eigenvalue weighted by molar-refractivity contribution is -0.119. The van der Waals surface area contributed by atoms with Gasteiger partial charge in [-0.25, -0.2) is 0 Å². The Bertz CT molecular complexity index is 435. The molecule has 0 aliphatic rings. The average molecular weight is 260 g/mol. The summed E-state index contributed by atoms with van der Waals surface area (Å²) in [5.74, 6) is -0.454. The highest BCUT2D eigenvalue weighted by molar-refractivity contribution is 5.79. The Hall–Kier alpha value is -1.61. The predicted molar refractivity (Wildman–Crippen MR) is 79.7 cm³/mol. The summed E-state index contributed by atoms with van der Waals surface area (Å²) in [6.07, 6.45) is 6.00. The van der Waals surface area contributed by atoms with Gasteiger partial charge in [-0.2, -0.15) is 0 Å². The van der Waals surface area contributed by atoms with Crippen LogP contribution in [0.15, 0.2) is 35.9 Å². The summed E-state index contributed by atoms with van der Waals surface area (Å²) in [6, 6.07) is 7.65. The van der Waals surface area contributed by atoms with Gasteiger partial charge in [-0.3, -0.25) is 4.79 Å². The molecule has 0 aromatic heterocycles. The summed E-state index contributed by atoms with van der Waals surface area (Å²) in [5, 5.41) is 0. The van der Waals surface area contributed by atoms with Crippen molar-refractivity contribution in [2.24, 2.45) is 11.5 Å². The van der Waals surface area contributed by atoms with Gasteiger partial charge in [0, 0.05) is 0 Å². The summed E-state index contributed by atoms with van der Waals surface area (Å²) in [7, 11) is 0. The van der Waals surface area contributed by atoms with Crippen molar-refractivity contribution in [2.75, 3.05) is 0 Å². The number of aryl methyl sites for hydroxylation is 1. The highest BCUT2D eigenvalue weighted by atomic mass is 16.1. The fourth-order valence-electron chi connectivity index (χ4n) is 1.99. The first-order valence-corrected chi connectivity index (χ1v) is 6.81. The molecule has 0 saturated heterocycles. The van der Waals surface area contributed by atoms with Gasteiger partial charge in [0.2, 0.25) is 5.91 Å². The maximum Gasteiger partial charge on any atom is 0.234 e. The van der Waals surface area contributed by atoms with Crippen molar-refractivity contribution < 1.29 is 4.79 Å². The lowest BCUT2D eigenvalue weighted by atomic mass is 10.0. The number of carbonyl (C=O) groups excluding carboxylic acids is 1. The summed E-state index contributed by atoms with van der Waals surface area (Å²) in [4.78, 5) is 10.9. The third kappa shape index (κ3) is 5.71. The van der Waals surface area contributed by atoms with Crippen LogP contribution in [0.4, 0.5) is 0 Å². The summed E-state index contributed by atoms with van der Waals surface area (Å²) < 4.78 is 0. The van der Waals surface area contributed by atoms with Crippen LogP contribution in [0.2, 0.25) is 0 Å². The molecule has 3 heteroatoms. The van der Waals surface area contributed by atoms with Gasteiger partial charge in [-0.05, 0) is 43.7 Å². The first kappa shape index (κ1) is 15.4. The number of hydrogen-bond acceptors (Lipinski definition) is 2. The van der Waals surface area contributed by atoms with E-state index in [0.29, 0.717) is 6.42 Å². The molecule has 0 spiro atoms. The minimum absolute atomic E-state index is 0.454.